The summed E-state index contributed by atoms with van der Waals surface area (Å²) in [5, 5.41) is 23.2. The first-order valence-corrected chi connectivity index (χ1v) is 14.2. The molecule has 13 heteroatoms. The molecule has 4 atom stereocenters. The second-order valence-corrected chi connectivity index (χ2v) is 10.5. The van der Waals surface area contributed by atoms with Crippen LogP contribution in [0.25, 0.3) is 0 Å². The first-order valence-electron chi connectivity index (χ1n) is 14.2. The summed E-state index contributed by atoms with van der Waals surface area (Å²) >= 11 is 0. The SMILES string of the molecule is C=CC(=O)OC(C)CC(CC)(CC(C)OC(=O)C=C)C(=O)[O-].C=CC(=O)OC(C)CC(CC)(CC(C)OC(=O)C=C)C(=O)[O-].[Ca+2]. The molecule has 0 fully saturated rings. The molecule has 45 heavy (non-hydrogen) atoms. The number of rotatable bonds is 20. The smallest absolute Gasteiger partial charge is 0.550 e. The van der Waals surface area contributed by atoms with Crippen LogP contribution in [0.3, 0.4) is 0 Å². The zero-order valence-electron chi connectivity index (χ0n) is 27.3. The number of ether oxygens (including phenoxy) is 4. The Morgan fingerprint density at radius 3 is 0.822 bits per heavy atom. The summed E-state index contributed by atoms with van der Waals surface area (Å²) in [6.07, 6.45) is 2.24. The van der Waals surface area contributed by atoms with Gasteiger partial charge in [0.2, 0.25) is 0 Å². The van der Waals surface area contributed by atoms with E-state index in [0.717, 1.165) is 24.3 Å². The Balaban J connectivity index is -0.000000767. The van der Waals surface area contributed by atoms with E-state index in [1.165, 1.54) is 0 Å². The molecule has 0 amide bonds. The van der Waals surface area contributed by atoms with Gasteiger partial charge in [-0.15, -0.1) is 0 Å². The molecule has 0 heterocycles. The fraction of sp³-hybridized carbons (Fsp3) is 0.562. The fourth-order valence-electron chi connectivity index (χ4n) is 4.72. The zero-order chi connectivity index (χ0) is 34.7. The van der Waals surface area contributed by atoms with Crippen LogP contribution in [0.1, 0.15) is 80.1 Å². The normalized spacial score (nSPS) is 15.4. The van der Waals surface area contributed by atoms with E-state index in [-0.39, 0.29) is 76.3 Å². The molecule has 0 aromatic carbocycles. The number of hydrogen-bond acceptors (Lipinski definition) is 12. The minimum atomic E-state index is -1.27. The van der Waals surface area contributed by atoms with Crippen LogP contribution in [-0.2, 0) is 47.7 Å². The second kappa shape index (κ2) is 23.4. The summed E-state index contributed by atoms with van der Waals surface area (Å²) in [6, 6.07) is 0. The van der Waals surface area contributed by atoms with Crippen LogP contribution >= 0.6 is 0 Å². The van der Waals surface area contributed by atoms with Crippen molar-refractivity contribution in [3.05, 3.63) is 50.6 Å². The number of carbonyl (C=O) groups excluding carboxylic acids is 6. The van der Waals surface area contributed by atoms with Gasteiger partial charge in [-0.25, -0.2) is 19.2 Å². The van der Waals surface area contributed by atoms with E-state index in [9.17, 15) is 39.0 Å². The van der Waals surface area contributed by atoms with Gasteiger partial charge in [0.1, 0.15) is 24.4 Å². The van der Waals surface area contributed by atoms with Crippen molar-refractivity contribution in [2.24, 2.45) is 10.8 Å². The molecule has 0 N–H and O–H groups in total. The third kappa shape index (κ3) is 17.9. The third-order valence-corrected chi connectivity index (χ3v) is 6.87. The molecule has 4 unspecified atom stereocenters. The molecule has 0 aliphatic rings. The predicted octanol–water partition coefficient (Wildman–Crippen LogP) is 1.92. The van der Waals surface area contributed by atoms with Crippen molar-refractivity contribution in [2.45, 2.75) is 104 Å². The van der Waals surface area contributed by atoms with Crippen LogP contribution in [0.15, 0.2) is 50.6 Å². The summed E-state index contributed by atoms with van der Waals surface area (Å²) in [5.74, 6) is -5.02. The van der Waals surface area contributed by atoms with E-state index in [4.69, 9.17) is 18.9 Å². The Morgan fingerprint density at radius 1 is 0.533 bits per heavy atom. The fourth-order valence-corrected chi connectivity index (χ4v) is 4.72. The maximum Gasteiger partial charge on any atom is 2.00 e. The van der Waals surface area contributed by atoms with Crippen molar-refractivity contribution in [1.29, 1.82) is 0 Å². The maximum absolute atomic E-state index is 11.6. The first kappa shape index (κ1) is 46.5. The van der Waals surface area contributed by atoms with Gasteiger partial charge in [0.15, 0.2) is 0 Å². The number of aliphatic carboxylic acids is 2. The first-order chi connectivity index (χ1) is 20.4. The van der Waals surface area contributed by atoms with Crippen LogP contribution in [-0.4, -0.2) is 98.0 Å². The molecule has 0 radical (unpaired) electrons. The van der Waals surface area contributed by atoms with E-state index >= 15 is 0 Å². The third-order valence-electron chi connectivity index (χ3n) is 6.87. The van der Waals surface area contributed by atoms with Crippen LogP contribution in [0.4, 0.5) is 0 Å². The molecule has 12 nitrogen and oxygen atoms in total. The van der Waals surface area contributed by atoms with Gasteiger partial charge < -0.3 is 38.7 Å². The summed E-state index contributed by atoms with van der Waals surface area (Å²) in [4.78, 5) is 68.0. The largest absolute Gasteiger partial charge is 2.00 e. The van der Waals surface area contributed by atoms with E-state index in [2.05, 4.69) is 26.3 Å². The number of carboxylic acid groups (broad SMARTS) is 2. The maximum atomic E-state index is 11.6. The van der Waals surface area contributed by atoms with Gasteiger partial charge in [0.05, 0.1) is 0 Å². The number of esters is 4. The van der Waals surface area contributed by atoms with Gasteiger partial charge >= 0.3 is 61.6 Å². The molecule has 0 aliphatic heterocycles. The minimum Gasteiger partial charge on any atom is -0.550 e. The van der Waals surface area contributed by atoms with E-state index in [1.807, 2.05) is 0 Å². The Kier molecular flexibility index (Phi) is 24.1. The molecule has 0 saturated carbocycles. The van der Waals surface area contributed by atoms with E-state index < -0.39 is 71.1 Å². The Morgan fingerprint density at radius 2 is 0.711 bits per heavy atom. The average molecular weight is 663 g/mol. The second-order valence-electron chi connectivity index (χ2n) is 10.5. The number of carboxylic acids is 2. The van der Waals surface area contributed by atoms with Gasteiger partial charge in [0, 0.05) is 47.1 Å². The number of hydrogen-bond donors (Lipinski definition) is 0. The van der Waals surface area contributed by atoms with Gasteiger partial charge in [-0.1, -0.05) is 40.2 Å². The van der Waals surface area contributed by atoms with Gasteiger partial charge in [0.25, 0.3) is 0 Å². The Labute approximate surface area is 295 Å². The van der Waals surface area contributed by atoms with Crippen molar-refractivity contribution in [3.8, 4) is 0 Å². The van der Waals surface area contributed by atoms with E-state index in [1.54, 1.807) is 41.5 Å². The Hall–Kier alpha value is -2.96. The molecule has 248 valence electrons. The molecule has 0 aromatic rings. The molecule has 0 saturated heterocycles. The summed E-state index contributed by atoms with van der Waals surface area (Å²) in [5.41, 5.74) is -2.52. The summed E-state index contributed by atoms with van der Waals surface area (Å²) < 4.78 is 20.1. The molecule has 0 aliphatic carbocycles. The summed E-state index contributed by atoms with van der Waals surface area (Å²) in [7, 11) is 0. The molecule has 0 bridgehead atoms. The topological polar surface area (TPSA) is 185 Å². The van der Waals surface area contributed by atoms with Crippen molar-refractivity contribution >= 4 is 73.6 Å². The van der Waals surface area contributed by atoms with Crippen LogP contribution in [0.5, 0.6) is 0 Å². The van der Waals surface area contributed by atoms with Crippen molar-refractivity contribution in [3.63, 3.8) is 0 Å². The van der Waals surface area contributed by atoms with Crippen molar-refractivity contribution < 1.29 is 57.9 Å². The molecule has 0 aromatic heterocycles. The van der Waals surface area contributed by atoms with Gasteiger partial charge in [-0.3, -0.25) is 0 Å². The molecular formula is C32H46CaO12. The zero-order valence-corrected chi connectivity index (χ0v) is 29.5. The average Bonchev–Trinajstić information content (AvgIpc) is 2.95. The predicted molar refractivity (Wildman–Crippen MR) is 163 cm³/mol. The van der Waals surface area contributed by atoms with Gasteiger partial charge in [-0.2, -0.15) is 0 Å². The monoisotopic (exact) mass is 662 g/mol. The van der Waals surface area contributed by atoms with Crippen molar-refractivity contribution in [2.75, 3.05) is 0 Å². The molecule has 0 spiro atoms. The Bertz CT molecular complexity index is 909. The molecule has 0 rings (SSSR count). The van der Waals surface area contributed by atoms with Crippen LogP contribution in [0.2, 0.25) is 0 Å². The summed E-state index contributed by atoms with van der Waals surface area (Å²) in [6.45, 7) is 22.9. The van der Waals surface area contributed by atoms with Gasteiger partial charge in [-0.05, 0) is 66.2 Å². The quantitative estimate of drug-likeness (QED) is 0.0799. The van der Waals surface area contributed by atoms with Crippen LogP contribution in [0, 0.1) is 10.8 Å². The number of carbonyl (C=O) groups is 6. The minimum absolute atomic E-state index is 0. The molecular weight excluding hydrogens is 616 g/mol. The standard InChI is InChI=1S/2C16H24O6.Ca/c2*1-6-13(17)21-11(4)9-16(8-3,15(19)20)10-12(5)22-14(18)7-2;/h2*6-7,11-12H,1-2,8-10H2,3-5H3,(H,19,20);/q;;+2/p-2. The van der Waals surface area contributed by atoms with Crippen LogP contribution < -0.4 is 10.2 Å². The van der Waals surface area contributed by atoms with Crippen molar-refractivity contribution in [1.82, 2.24) is 0 Å². The van der Waals surface area contributed by atoms with E-state index in [0.29, 0.717) is 0 Å².